The number of carbonyl (C=O) groups is 4. The van der Waals surface area contributed by atoms with Gasteiger partial charge in [0, 0.05) is 11.6 Å². The number of ether oxygens (including phenoxy) is 2. The zero-order chi connectivity index (χ0) is 21.0. The first-order chi connectivity index (χ1) is 13.9. The fourth-order valence-electron chi connectivity index (χ4n) is 2.62. The number of esters is 2. The number of hydrogen-bond donors (Lipinski definition) is 1. The average Bonchev–Trinajstić information content (AvgIpc) is 3.28. The van der Waals surface area contributed by atoms with Crippen LogP contribution < -0.4 is 5.32 Å². The zero-order valence-corrected chi connectivity index (χ0v) is 15.8. The summed E-state index contributed by atoms with van der Waals surface area (Å²) in [5.41, 5.74) is 1.13. The molecule has 29 heavy (non-hydrogen) atoms. The van der Waals surface area contributed by atoms with Crippen molar-refractivity contribution in [1.29, 1.82) is 0 Å². The summed E-state index contributed by atoms with van der Waals surface area (Å²) >= 11 is 0. The van der Waals surface area contributed by atoms with Crippen LogP contribution in [0.3, 0.4) is 0 Å². The predicted molar refractivity (Wildman–Crippen MR) is 100 cm³/mol. The van der Waals surface area contributed by atoms with Gasteiger partial charge in [-0.25, -0.2) is 14.5 Å². The largest absolute Gasteiger partial charge is 0.468 e. The number of rotatable bonds is 6. The summed E-state index contributed by atoms with van der Waals surface area (Å²) in [5.74, 6) is -0.928. The first kappa shape index (κ1) is 19.9. The van der Waals surface area contributed by atoms with Crippen LogP contribution in [0.4, 0.5) is 4.79 Å². The molecular formula is C20H18N2O7. The lowest BCUT2D eigenvalue weighted by Gasteiger charge is -2.08. The fraction of sp³-hybridized carbons (Fsp3) is 0.200. The molecule has 0 bridgehead atoms. The van der Waals surface area contributed by atoms with Crippen LogP contribution in [0, 0.1) is 0 Å². The summed E-state index contributed by atoms with van der Waals surface area (Å²) < 4.78 is 15.1. The Balaban J connectivity index is 1.75. The second-order valence-electron chi connectivity index (χ2n) is 5.96. The van der Waals surface area contributed by atoms with Crippen LogP contribution in [0.2, 0.25) is 0 Å². The molecule has 0 spiro atoms. The van der Waals surface area contributed by atoms with Gasteiger partial charge in [-0.2, -0.15) is 0 Å². The number of carbonyl (C=O) groups excluding carboxylic acids is 4. The molecule has 0 saturated carbocycles. The Kier molecular flexibility index (Phi) is 5.77. The lowest BCUT2D eigenvalue weighted by Crippen LogP contribution is -2.36. The Morgan fingerprint density at radius 2 is 1.86 bits per heavy atom. The van der Waals surface area contributed by atoms with E-state index in [4.69, 9.17) is 9.15 Å². The minimum Gasteiger partial charge on any atom is -0.468 e. The molecule has 0 atom stereocenters. The molecule has 1 aromatic heterocycles. The van der Waals surface area contributed by atoms with Gasteiger partial charge in [-0.3, -0.25) is 9.59 Å². The maximum atomic E-state index is 12.3. The van der Waals surface area contributed by atoms with Crippen molar-refractivity contribution in [3.8, 4) is 11.3 Å². The van der Waals surface area contributed by atoms with Gasteiger partial charge in [0.05, 0.1) is 19.3 Å². The highest BCUT2D eigenvalue weighted by molar-refractivity contribution is 6.15. The summed E-state index contributed by atoms with van der Waals surface area (Å²) in [6.45, 7) is 1.55. The molecule has 1 aromatic carbocycles. The van der Waals surface area contributed by atoms with Crippen molar-refractivity contribution in [3.63, 3.8) is 0 Å². The molecule has 2 heterocycles. The molecule has 150 valence electrons. The first-order valence-corrected chi connectivity index (χ1v) is 8.71. The van der Waals surface area contributed by atoms with Gasteiger partial charge in [0.2, 0.25) is 0 Å². The summed E-state index contributed by atoms with van der Waals surface area (Å²) in [4.78, 5) is 47.9. The molecule has 3 rings (SSSR count). The Labute approximate surface area is 165 Å². The molecule has 0 unspecified atom stereocenters. The summed E-state index contributed by atoms with van der Waals surface area (Å²) in [6.07, 6.45) is 1.37. The summed E-state index contributed by atoms with van der Waals surface area (Å²) in [7, 11) is 1.17. The molecule has 1 aliphatic rings. The van der Waals surface area contributed by atoms with E-state index >= 15 is 0 Å². The van der Waals surface area contributed by atoms with Crippen LogP contribution in [-0.4, -0.2) is 49.0 Å². The van der Waals surface area contributed by atoms with Crippen molar-refractivity contribution in [2.45, 2.75) is 6.92 Å². The van der Waals surface area contributed by atoms with E-state index in [-0.39, 0.29) is 5.70 Å². The number of benzene rings is 1. The molecule has 1 aliphatic heterocycles. The minimum atomic E-state index is -0.715. The van der Waals surface area contributed by atoms with Crippen LogP contribution in [0.5, 0.6) is 0 Å². The molecule has 3 amide bonds. The van der Waals surface area contributed by atoms with Gasteiger partial charge in [-0.1, -0.05) is 12.1 Å². The van der Waals surface area contributed by atoms with E-state index in [9.17, 15) is 19.2 Å². The second-order valence-corrected chi connectivity index (χ2v) is 5.96. The molecule has 1 fully saturated rings. The Bertz CT molecular complexity index is 989. The van der Waals surface area contributed by atoms with E-state index in [1.807, 2.05) is 0 Å². The third-order valence-corrected chi connectivity index (χ3v) is 4.07. The number of nitrogens with one attached hydrogen (secondary N) is 1. The normalized spacial score (nSPS) is 14.8. The van der Waals surface area contributed by atoms with E-state index in [1.165, 1.54) is 13.2 Å². The average molecular weight is 398 g/mol. The number of furan rings is 1. The summed E-state index contributed by atoms with van der Waals surface area (Å²) in [6, 6.07) is 9.28. The zero-order valence-electron chi connectivity index (χ0n) is 15.8. The van der Waals surface area contributed by atoms with Crippen LogP contribution in [0.1, 0.15) is 23.0 Å². The molecule has 2 aromatic rings. The number of imide groups is 1. The van der Waals surface area contributed by atoms with Crippen LogP contribution in [-0.2, 0) is 19.1 Å². The Morgan fingerprint density at radius 1 is 1.14 bits per heavy atom. The third-order valence-electron chi connectivity index (χ3n) is 4.07. The predicted octanol–water partition coefficient (Wildman–Crippen LogP) is 2.19. The third kappa shape index (κ3) is 4.34. The number of methoxy groups -OCH3 is 1. The lowest BCUT2D eigenvalue weighted by molar-refractivity contribution is -0.143. The minimum absolute atomic E-state index is 0.0162. The van der Waals surface area contributed by atoms with E-state index < -0.39 is 30.4 Å². The number of urea groups is 1. The Morgan fingerprint density at radius 3 is 2.52 bits per heavy atom. The summed E-state index contributed by atoms with van der Waals surface area (Å²) in [5, 5.41) is 2.39. The van der Waals surface area contributed by atoms with Gasteiger partial charge < -0.3 is 19.2 Å². The van der Waals surface area contributed by atoms with Gasteiger partial charge in [-0.15, -0.1) is 0 Å². The van der Waals surface area contributed by atoms with E-state index in [0.29, 0.717) is 23.7 Å². The molecule has 0 aliphatic carbocycles. The van der Waals surface area contributed by atoms with Crippen molar-refractivity contribution >= 4 is 30.0 Å². The topological polar surface area (TPSA) is 115 Å². The maximum absolute atomic E-state index is 12.3. The number of nitrogens with zero attached hydrogens (tertiary/aromatic N) is 1. The van der Waals surface area contributed by atoms with Gasteiger partial charge in [0.1, 0.15) is 23.8 Å². The monoisotopic (exact) mass is 398 g/mol. The van der Waals surface area contributed by atoms with Crippen LogP contribution >= 0.6 is 0 Å². The van der Waals surface area contributed by atoms with E-state index in [1.54, 1.807) is 43.3 Å². The lowest BCUT2D eigenvalue weighted by atomic mass is 10.1. The van der Waals surface area contributed by atoms with Crippen molar-refractivity contribution < 1.29 is 33.1 Å². The molecule has 1 N–H and O–H groups in total. The van der Waals surface area contributed by atoms with Gasteiger partial charge in [0.25, 0.3) is 5.91 Å². The molecule has 0 radical (unpaired) electrons. The van der Waals surface area contributed by atoms with Gasteiger partial charge in [0.15, 0.2) is 0 Å². The molecule has 9 heteroatoms. The van der Waals surface area contributed by atoms with Crippen molar-refractivity contribution in [3.05, 3.63) is 53.4 Å². The Hall–Kier alpha value is -3.88. The molecule has 1 saturated heterocycles. The SMILES string of the molecule is CCOC(=O)c1ccc(-c2ccc(C=C3NC(=O)N(CC(=O)OC)C3=O)o2)cc1. The highest BCUT2D eigenvalue weighted by atomic mass is 16.5. The van der Waals surface area contributed by atoms with Crippen LogP contribution in [0.15, 0.2) is 46.5 Å². The first-order valence-electron chi connectivity index (χ1n) is 8.71. The fourth-order valence-corrected chi connectivity index (χ4v) is 2.62. The van der Waals surface area contributed by atoms with Crippen LogP contribution in [0.25, 0.3) is 17.4 Å². The van der Waals surface area contributed by atoms with Gasteiger partial charge >= 0.3 is 18.0 Å². The van der Waals surface area contributed by atoms with Crippen molar-refractivity contribution in [2.75, 3.05) is 20.3 Å². The van der Waals surface area contributed by atoms with E-state index in [0.717, 1.165) is 10.5 Å². The quantitative estimate of drug-likeness (QED) is 0.450. The second kappa shape index (κ2) is 8.42. The highest BCUT2D eigenvalue weighted by Crippen LogP contribution is 2.24. The van der Waals surface area contributed by atoms with Crippen molar-refractivity contribution in [1.82, 2.24) is 10.2 Å². The highest BCUT2D eigenvalue weighted by Gasteiger charge is 2.35. The smallest absolute Gasteiger partial charge is 0.338 e. The number of hydrogen-bond acceptors (Lipinski definition) is 7. The standard InChI is InChI=1S/C20H18N2O7/c1-3-28-19(25)13-6-4-12(5-7-13)16-9-8-14(29-16)10-15-18(24)22(20(26)21-15)11-17(23)27-2/h4-10H,3,11H2,1-2H3,(H,21,26). The van der Waals surface area contributed by atoms with E-state index in [2.05, 4.69) is 10.1 Å². The maximum Gasteiger partial charge on any atom is 0.338 e. The molecule has 9 nitrogen and oxygen atoms in total. The number of amides is 3. The molecular weight excluding hydrogens is 380 g/mol. The van der Waals surface area contributed by atoms with Crippen molar-refractivity contribution in [2.24, 2.45) is 0 Å². The van der Waals surface area contributed by atoms with Gasteiger partial charge in [-0.05, 0) is 31.2 Å².